The summed E-state index contributed by atoms with van der Waals surface area (Å²) in [6, 6.07) is 33.4. The second kappa shape index (κ2) is 11.0. The van der Waals surface area contributed by atoms with E-state index >= 15 is 0 Å². The summed E-state index contributed by atoms with van der Waals surface area (Å²) in [6.07, 6.45) is 2.21. The van der Waals surface area contributed by atoms with Gasteiger partial charge < -0.3 is 14.2 Å². The third-order valence-electron chi connectivity index (χ3n) is 8.79. The Bertz CT molecular complexity index is 1810. The summed E-state index contributed by atoms with van der Waals surface area (Å²) in [5, 5.41) is 1.19. The largest absolute Gasteiger partial charge is 0.441 e. The van der Waals surface area contributed by atoms with Crippen LogP contribution in [0.15, 0.2) is 103 Å². The summed E-state index contributed by atoms with van der Waals surface area (Å²) in [4.78, 5) is 15.9. The number of para-hydroxylation sites is 1. The van der Waals surface area contributed by atoms with Crippen LogP contribution in [0.5, 0.6) is 0 Å². The highest BCUT2D eigenvalue weighted by Crippen LogP contribution is 2.48. The van der Waals surface area contributed by atoms with Gasteiger partial charge in [-0.25, -0.2) is 4.79 Å². The molecule has 0 spiro atoms. The van der Waals surface area contributed by atoms with Crippen LogP contribution < -0.4 is 4.90 Å². The van der Waals surface area contributed by atoms with E-state index in [2.05, 4.69) is 117 Å². The van der Waals surface area contributed by atoms with Crippen LogP contribution >= 0.6 is 0 Å². The fourth-order valence-corrected chi connectivity index (χ4v) is 6.78. The summed E-state index contributed by atoms with van der Waals surface area (Å²) in [6.45, 7) is 13.6. The number of hydrogen-bond donors (Lipinski definition) is 0. The number of ether oxygens (including phenoxy) is 1. The van der Waals surface area contributed by atoms with Crippen LogP contribution in [0.25, 0.3) is 16.5 Å². The smallest absolute Gasteiger partial charge is 0.340 e. The van der Waals surface area contributed by atoms with Gasteiger partial charge in [-0.15, -0.1) is 0 Å². The quantitative estimate of drug-likeness (QED) is 0.180. The maximum absolute atomic E-state index is 13.6. The zero-order valence-electron chi connectivity index (χ0n) is 25.1. The molecule has 0 fully saturated rings. The second-order valence-electron chi connectivity index (χ2n) is 11.0. The van der Waals surface area contributed by atoms with Gasteiger partial charge in [0.1, 0.15) is 0 Å². The van der Waals surface area contributed by atoms with Gasteiger partial charge in [0.05, 0.1) is 5.56 Å². The Hall–Kier alpha value is -4.57. The lowest BCUT2D eigenvalue weighted by Gasteiger charge is -2.31. The number of carbonyl (C=O) groups excluding carboxylic acids is 1. The van der Waals surface area contributed by atoms with Crippen molar-refractivity contribution in [1.82, 2.24) is 4.57 Å². The van der Waals surface area contributed by atoms with Gasteiger partial charge in [-0.3, -0.25) is 0 Å². The molecule has 0 saturated heterocycles. The first-order valence-electron chi connectivity index (χ1n) is 15.0. The second-order valence-corrected chi connectivity index (χ2v) is 11.0. The molecule has 4 heteroatoms. The Morgan fingerprint density at radius 3 is 2.24 bits per heavy atom. The molecular formula is C38H38N2O2. The molecule has 1 atom stereocenters. The van der Waals surface area contributed by atoms with E-state index in [4.69, 9.17) is 4.74 Å². The number of rotatable bonds is 8. The van der Waals surface area contributed by atoms with Crippen molar-refractivity contribution >= 4 is 28.1 Å². The highest BCUT2D eigenvalue weighted by atomic mass is 16.6. The van der Waals surface area contributed by atoms with Crippen molar-refractivity contribution in [3.8, 4) is 0 Å². The summed E-state index contributed by atoms with van der Waals surface area (Å²) >= 11 is 0. The van der Waals surface area contributed by atoms with E-state index in [1.165, 1.54) is 22.3 Å². The molecule has 1 aliphatic heterocycles. The Morgan fingerprint density at radius 1 is 0.833 bits per heavy atom. The van der Waals surface area contributed by atoms with Crippen LogP contribution in [0.1, 0.15) is 64.6 Å². The van der Waals surface area contributed by atoms with Crippen LogP contribution in [-0.2, 0) is 16.9 Å². The topological polar surface area (TPSA) is 34.5 Å². The molecule has 42 heavy (non-hydrogen) atoms. The molecule has 1 aliphatic rings. The van der Waals surface area contributed by atoms with E-state index in [0.29, 0.717) is 5.56 Å². The standard InChI is InChI=1S/C38H38N2O2/c1-6-39(7-2)29-22-23-33(26(4)24-29)38(34-20-14-12-18-30(34)37(41)42-38)25-32(28-16-10-9-11-17-28)36-27(5)40(8-3)35-21-15-13-19-31(35)36/h9-25H,6-8H2,1-5H3/b32-25+. The van der Waals surface area contributed by atoms with E-state index in [1.807, 2.05) is 30.3 Å². The Balaban J connectivity index is 1.70. The summed E-state index contributed by atoms with van der Waals surface area (Å²) in [5.41, 5.74) is 9.31. The molecule has 0 bridgehead atoms. The van der Waals surface area contributed by atoms with Gasteiger partial charge in [0.2, 0.25) is 0 Å². The number of fused-ring (bicyclic) bond motifs is 2. The maximum atomic E-state index is 13.6. The fraction of sp³-hybridized carbons (Fsp3) is 0.237. The molecule has 0 radical (unpaired) electrons. The molecule has 0 N–H and O–H groups in total. The van der Waals surface area contributed by atoms with Crippen LogP contribution in [0.4, 0.5) is 5.69 Å². The zero-order valence-corrected chi connectivity index (χ0v) is 25.1. The summed E-state index contributed by atoms with van der Waals surface area (Å²) in [5.74, 6) is -0.297. The van der Waals surface area contributed by atoms with Crippen molar-refractivity contribution in [1.29, 1.82) is 0 Å². The molecule has 4 nitrogen and oxygen atoms in total. The highest BCUT2D eigenvalue weighted by molar-refractivity contribution is 6.01. The third-order valence-corrected chi connectivity index (χ3v) is 8.79. The van der Waals surface area contributed by atoms with Crippen LogP contribution in [0.3, 0.4) is 0 Å². The van der Waals surface area contributed by atoms with Crippen LogP contribution in [0.2, 0.25) is 0 Å². The number of cyclic esters (lactones) is 1. The zero-order chi connectivity index (χ0) is 29.4. The van der Waals surface area contributed by atoms with Gasteiger partial charge in [0.15, 0.2) is 5.60 Å². The van der Waals surface area contributed by atoms with Gasteiger partial charge in [-0.1, -0.05) is 72.8 Å². The van der Waals surface area contributed by atoms with E-state index in [1.54, 1.807) is 0 Å². The van der Waals surface area contributed by atoms with Crippen LogP contribution in [0, 0.1) is 13.8 Å². The first-order valence-corrected chi connectivity index (χ1v) is 15.0. The molecule has 0 saturated carbocycles. The molecule has 4 aromatic carbocycles. The lowest BCUT2D eigenvalue weighted by atomic mass is 9.79. The number of aryl methyl sites for hydroxylation is 2. The summed E-state index contributed by atoms with van der Waals surface area (Å²) < 4.78 is 8.93. The lowest BCUT2D eigenvalue weighted by molar-refractivity contribution is 0.0275. The fourth-order valence-electron chi connectivity index (χ4n) is 6.78. The Labute approximate surface area is 248 Å². The maximum Gasteiger partial charge on any atom is 0.340 e. The number of aromatic nitrogens is 1. The van der Waals surface area contributed by atoms with E-state index in [0.717, 1.165) is 53.0 Å². The van der Waals surface area contributed by atoms with Gasteiger partial charge in [-0.2, -0.15) is 0 Å². The van der Waals surface area contributed by atoms with Crippen molar-refractivity contribution in [2.24, 2.45) is 0 Å². The van der Waals surface area contributed by atoms with Crippen molar-refractivity contribution in [2.45, 2.75) is 46.8 Å². The third kappa shape index (κ3) is 4.34. The van der Waals surface area contributed by atoms with E-state index in [9.17, 15) is 4.79 Å². The highest BCUT2D eigenvalue weighted by Gasteiger charge is 2.47. The number of benzene rings is 4. The summed E-state index contributed by atoms with van der Waals surface area (Å²) in [7, 11) is 0. The number of esters is 1. The molecule has 0 aliphatic carbocycles. The number of carbonyl (C=O) groups is 1. The van der Waals surface area contributed by atoms with Crippen molar-refractivity contribution in [3.05, 3.63) is 142 Å². The van der Waals surface area contributed by atoms with Gasteiger partial charge in [-0.05, 0) is 81.7 Å². The minimum atomic E-state index is -1.09. The molecule has 6 rings (SSSR count). The van der Waals surface area contributed by atoms with E-state index < -0.39 is 5.60 Å². The normalized spacial score (nSPS) is 16.5. The molecule has 1 aromatic heterocycles. The predicted molar refractivity (Wildman–Crippen MR) is 173 cm³/mol. The molecule has 2 heterocycles. The Kier molecular flexibility index (Phi) is 7.24. The minimum absolute atomic E-state index is 0.297. The van der Waals surface area contributed by atoms with Gasteiger partial charge in [0, 0.05) is 58.6 Å². The van der Waals surface area contributed by atoms with Crippen LogP contribution in [-0.4, -0.2) is 23.6 Å². The predicted octanol–water partition coefficient (Wildman–Crippen LogP) is 8.67. The molecule has 212 valence electrons. The number of anilines is 1. The van der Waals surface area contributed by atoms with Gasteiger partial charge in [0.25, 0.3) is 0 Å². The van der Waals surface area contributed by atoms with E-state index in [-0.39, 0.29) is 5.97 Å². The van der Waals surface area contributed by atoms with Crippen molar-refractivity contribution < 1.29 is 9.53 Å². The van der Waals surface area contributed by atoms with Crippen molar-refractivity contribution in [3.63, 3.8) is 0 Å². The average molecular weight is 555 g/mol. The molecule has 5 aromatic rings. The molecular weight excluding hydrogens is 516 g/mol. The monoisotopic (exact) mass is 554 g/mol. The first-order chi connectivity index (χ1) is 20.4. The number of hydrogen-bond acceptors (Lipinski definition) is 3. The average Bonchev–Trinajstić information content (AvgIpc) is 3.47. The van der Waals surface area contributed by atoms with Crippen molar-refractivity contribution in [2.75, 3.05) is 18.0 Å². The van der Waals surface area contributed by atoms with Gasteiger partial charge >= 0.3 is 5.97 Å². The number of nitrogens with zero attached hydrogens (tertiary/aromatic N) is 2. The first kappa shape index (κ1) is 27.6. The lowest BCUT2D eigenvalue weighted by Crippen LogP contribution is -2.28. The molecule has 0 amide bonds. The molecule has 1 unspecified atom stereocenters. The minimum Gasteiger partial charge on any atom is -0.441 e. The SMILES string of the molecule is CCN(CC)c1ccc(C2(/C=C(\c3ccccc3)c3c(C)n(CC)c4ccccc34)OC(=O)c3ccccc32)c(C)c1. The Morgan fingerprint density at radius 2 is 1.52 bits per heavy atom.